The minimum Gasteiger partial charge on any atom is -0.457 e. The summed E-state index contributed by atoms with van der Waals surface area (Å²) >= 11 is 0. The van der Waals surface area contributed by atoms with Gasteiger partial charge >= 0.3 is 0 Å². The molecule has 15 rings (SSSR count). The summed E-state index contributed by atoms with van der Waals surface area (Å²) in [5, 5.41) is 7.14. The summed E-state index contributed by atoms with van der Waals surface area (Å²) in [5.41, 5.74) is 16.5. The van der Waals surface area contributed by atoms with E-state index >= 15 is 0 Å². The summed E-state index contributed by atoms with van der Waals surface area (Å²) in [4.78, 5) is 14.5. The molecule has 0 spiro atoms. The molecular weight excluding hydrogens is 907 g/mol. The Hall–Kier alpha value is -9.92. The van der Waals surface area contributed by atoms with Gasteiger partial charge in [0.05, 0.1) is 67.7 Å². The summed E-state index contributed by atoms with van der Waals surface area (Å²) in [6, 6.07) is 79.9. The molecule has 0 saturated heterocycles. The average molecular weight is 952 g/mol. The maximum Gasteiger partial charge on any atom is 0.137 e. The van der Waals surface area contributed by atoms with Crippen LogP contribution in [-0.4, -0.2) is 30.3 Å². The van der Waals surface area contributed by atoms with Crippen LogP contribution in [-0.2, 0) is 0 Å². The predicted molar refractivity (Wildman–Crippen MR) is 304 cm³/mol. The summed E-state index contributed by atoms with van der Waals surface area (Å²) < 4.78 is 14.0. The molecule has 9 aromatic carbocycles. The first kappa shape index (κ1) is 41.8. The van der Waals surface area contributed by atoms with Gasteiger partial charge in [-0.15, -0.1) is 0 Å². The average Bonchev–Trinajstić information content (AvgIpc) is 4.21. The van der Waals surface area contributed by atoms with E-state index < -0.39 is 0 Å². The van der Waals surface area contributed by atoms with Gasteiger partial charge in [-0.05, 0) is 110 Å². The molecule has 74 heavy (non-hydrogen) atoms. The molecule has 0 unspecified atom stereocenters. The Morgan fingerprint density at radius 1 is 0.378 bits per heavy atom. The first-order chi connectivity index (χ1) is 36.6. The van der Waals surface area contributed by atoms with E-state index in [0.717, 1.165) is 112 Å². The first-order valence-electron chi connectivity index (χ1n) is 25.1. The molecule has 1 aliphatic rings. The SMILES string of the molecule is Cc1cc(-n2c3ccccc3c3ccc(Oc4cccc(N5CN(c6cccnc6)c6ccccc65)c4)cc32)ncc1-c1c(-n2c3ccccc3c3ccccc32)cccc1-n1c2ccccc2c2ccccc21. The van der Waals surface area contributed by atoms with E-state index in [1.54, 1.807) is 0 Å². The van der Waals surface area contributed by atoms with Crippen molar-refractivity contribution >= 4 is 88.2 Å². The van der Waals surface area contributed by atoms with Crippen LogP contribution >= 0.6 is 0 Å². The summed E-state index contributed by atoms with van der Waals surface area (Å²) in [6.07, 6.45) is 5.82. The van der Waals surface area contributed by atoms with Gasteiger partial charge in [-0.1, -0.05) is 115 Å². The Morgan fingerprint density at radius 3 is 1.41 bits per heavy atom. The Bertz CT molecular complexity index is 4310. The molecule has 8 nitrogen and oxygen atoms in total. The van der Waals surface area contributed by atoms with E-state index in [4.69, 9.17) is 9.72 Å². The van der Waals surface area contributed by atoms with Crippen molar-refractivity contribution in [1.29, 1.82) is 0 Å². The normalized spacial score (nSPS) is 12.6. The van der Waals surface area contributed by atoms with Crippen LogP contribution < -0.4 is 14.5 Å². The highest BCUT2D eigenvalue weighted by atomic mass is 16.5. The van der Waals surface area contributed by atoms with E-state index in [9.17, 15) is 0 Å². The molecule has 0 aliphatic carbocycles. The highest BCUT2D eigenvalue weighted by molar-refractivity contribution is 6.13. The fourth-order valence-electron chi connectivity index (χ4n) is 11.7. The maximum absolute atomic E-state index is 6.80. The first-order valence-corrected chi connectivity index (χ1v) is 25.1. The van der Waals surface area contributed by atoms with Gasteiger partial charge in [-0.3, -0.25) is 9.55 Å². The fourth-order valence-corrected chi connectivity index (χ4v) is 11.7. The van der Waals surface area contributed by atoms with Crippen LogP contribution in [0.1, 0.15) is 5.56 Å². The third-order valence-electron chi connectivity index (χ3n) is 15.0. The Morgan fingerprint density at radius 2 is 0.851 bits per heavy atom. The standard InChI is InChI=1S/C66H45N7O/c1-43-37-65(73-59-29-11-6-24-52(59)53-35-34-47(39-64(53)73)74-46-19-14-17-44(38-46)69-42-70(45-18-16-36-67-40-45)61-31-13-12-30-60(61)69)68-41-54(43)66-62(71-55-25-7-2-20-48(55)49-21-3-8-26-56(49)71)32-15-33-63(66)72-57-27-9-4-22-50(57)51-23-5-10-28-58(51)72/h2-41H,42H2,1H3. The lowest BCUT2D eigenvalue weighted by Gasteiger charge is -2.22. The van der Waals surface area contributed by atoms with Crippen molar-refractivity contribution in [2.45, 2.75) is 6.92 Å². The maximum atomic E-state index is 6.80. The van der Waals surface area contributed by atoms with E-state index in [1.165, 1.54) is 21.5 Å². The minimum absolute atomic E-state index is 0.652. The van der Waals surface area contributed by atoms with Crippen molar-refractivity contribution in [1.82, 2.24) is 23.7 Å². The molecule has 5 aromatic heterocycles. The van der Waals surface area contributed by atoms with Crippen LogP contribution in [0, 0.1) is 6.92 Å². The molecule has 0 saturated carbocycles. The van der Waals surface area contributed by atoms with Crippen molar-refractivity contribution in [3.63, 3.8) is 0 Å². The van der Waals surface area contributed by atoms with E-state index in [0.29, 0.717) is 6.67 Å². The number of aryl methyl sites for hydroxylation is 1. The number of pyridine rings is 2. The van der Waals surface area contributed by atoms with Crippen molar-refractivity contribution in [2.24, 2.45) is 0 Å². The molecule has 8 heteroatoms. The van der Waals surface area contributed by atoms with Gasteiger partial charge < -0.3 is 23.7 Å². The summed E-state index contributed by atoms with van der Waals surface area (Å²) in [6.45, 7) is 2.88. The number of aromatic nitrogens is 5. The van der Waals surface area contributed by atoms with Crippen LogP contribution in [0.3, 0.4) is 0 Å². The molecular formula is C66H45N7O. The Balaban J connectivity index is 0.872. The van der Waals surface area contributed by atoms with Gasteiger partial charge in [0.1, 0.15) is 24.0 Å². The molecule has 14 aromatic rings. The number of hydrogen-bond donors (Lipinski definition) is 0. The zero-order valence-corrected chi connectivity index (χ0v) is 40.3. The monoisotopic (exact) mass is 951 g/mol. The van der Waals surface area contributed by atoms with Crippen molar-refractivity contribution in [3.05, 3.63) is 249 Å². The number of benzene rings is 9. The summed E-state index contributed by atoms with van der Waals surface area (Å²) in [7, 11) is 0. The van der Waals surface area contributed by atoms with E-state index in [1.807, 2.05) is 24.5 Å². The number of anilines is 4. The predicted octanol–water partition coefficient (Wildman–Crippen LogP) is 16.8. The van der Waals surface area contributed by atoms with Crippen LogP contribution in [0.5, 0.6) is 11.5 Å². The Kier molecular flexibility index (Phi) is 9.37. The number of nitrogens with zero attached hydrogens (tertiary/aromatic N) is 7. The minimum atomic E-state index is 0.652. The van der Waals surface area contributed by atoms with Crippen LogP contribution in [0.25, 0.3) is 93.7 Å². The summed E-state index contributed by atoms with van der Waals surface area (Å²) in [5.74, 6) is 2.32. The molecule has 0 bridgehead atoms. The zero-order valence-electron chi connectivity index (χ0n) is 40.3. The molecule has 0 atom stereocenters. The van der Waals surface area contributed by atoms with Gasteiger partial charge in [0.25, 0.3) is 0 Å². The molecule has 1 aliphatic heterocycles. The second-order valence-corrected chi connectivity index (χ2v) is 19.1. The molecule has 0 fully saturated rings. The van der Waals surface area contributed by atoms with Crippen LogP contribution in [0.4, 0.5) is 22.7 Å². The lowest BCUT2D eigenvalue weighted by atomic mass is 9.98. The van der Waals surface area contributed by atoms with Gasteiger partial charge in [-0.2, -0.15) is 0 Å². The van der Waals surface area contributed by atoms with Gasteiger partial charge in [0.2, 0.25) is 0 Å². The number of fused-ring (bicyclic) bond motifs is 10. The van der Waals surface area contributed by atoms with E-state index in [2.05, 4.69) is 254 Å². The molecule has 0 N–H and O–H groups in total. The Labute approximate surface area is 426 Å². The second kappa shape index (κ2) is 16.6. The van der Waals surface area contributed by atoms with Crippen molar-refractivity contribution in [3.8, 4) is 39.8 Å². The van der Waals surface area contributed by atoms with Crippen molar-refractivity contribution < 1.29 is 4.74 Å². The van der Waals surface area contributed by atoms with Crippen molar-refractivity contribution in [2.75, 3.05) is 16.5 Å². The topological polar surface area (TPSA) is 56.3 Å². The number of ether oxygens (including phenoxy) is 1. The largest absolute Gasteiger partial charge is 0.457 e. The fraction of sp³-hybridized carbons (Fsp3) is 0.0303. The highest BCUT2D eigenvalue weighted by Gasteiger charge is 2.29. The number of para-hydroxylation sites is 7. The van der Waals surface area contributed by atoms with E-state index in [-0.39, 0.29) is 0 Å². The second-order valence-electron chi connectivity index (χ2n) is 19.1. The highest BCUT2D eigenvalue weighted by Crippen LogP contribution is 2.46. The lowest BCUT2D eigenvalue weighted by molar-refractivity contribution is 0.483. The van der Waals surface area contributed by atoms with Gasteiger partial charge in [-0.25, -0.2) is 4.98 Å². The quantitative estimate of drug-likeness (QED) is 0.152. The third-order valence-corrected chi connectivity index (χ3v) is 15.0. The molecule has 6 heterocycles. The molecule has 0 radical (unpaired) electrons. The van der Waals surface area contributed by atoms with Gasteiger partial charge in [0.15, 0.2) is 0 Å². The molecule has 0 amide bonds. The van der Waals surface area contributed by atoms with Gasteiger partial charge in [0, 0.05) is 73.7 Å². The lowest BCUT2D eigenvalue weighted by Crippen LogP contribution is -2.23. The smallest absolute Gasteiger partial charge is 0.137 e. The van der Waals surface area contributed by atoms with Crippen LogP contribution in [0.15, 0.2) is 243 Å². The molecule has 350 valence electrons. The third kappa shape index (κ3) is 6.41. The zero-order chi connectivity index (χ0) is 48.9. The number of hydrogen-bond acceptors (Lipinski definition) is 5. The number of rotatable bonds is 8. The van der Waals surface area contributed by atoms with Crippen LogP contribution in [0.2, 0.25) is 0 Å².